The van der Waals surface area contributed by atoms with Gasteiger partial charge in [-0.05, 0) is 11.6 Å². The predicted octanol–water partition coefficient (Wildman–Crippen LogP) is 2.96. The standard InChI is InChI=1S/C17H15NO2/c18-12-17(16(19)13-6-2-1-3-7-13)10-11-20-15-9-5-4-8-14(15)17/h1-9,16,19H,10-11H2. The van der Waals surface area contributed by atoms with Crippen molar-refractivity contribution >= 4 is 0 Å². The molecule has 0 radical (unpaired) electrons. The van der Waals surface area contributed by atoms with Crippen molar-refractivity contribution < 1.29 is 9.84 Å². The molecule has 0 fully saturated rings. The minimum Gasteiger partial charge on any atom is -0.493 e. The fourth-order valence-corrected chi connectivity index (χ4v) is 2.80. The number of fused-ring (bicyclic) bond motifs is 1. The first-order valence-electron chi connectivity index (χ1n) is 6.64. The van der Waals surface area contributed by atoms with Crippen LogP contribution in [0.2, 0.25) is 0 Å². The Hall–Kier alpha value is -2.31. The normalized spacial score (nSPS) is 22.2. The van der Waals surface area contributed by atoms with Gasteiger partial charge in [0.2, 0.25) is 0 Å². The first kappa shape index (κ1) is 12.7. The SMILES string of the molecule is N#CC1(C(O)c2ccccc2)CCOc2ccccc21. The average molecular weight is 265 g/mol. The highest BCUT2D eigenvalue weighted by Gasteiger charge is 2.45. The van der Waals surface area contributed by atoms with Crippen molar-refractivity contribution in [3.05, 3.63) is 65.7 Å². The maximum atomic E-state index is 10.8. The van der Waals surface area contributed by atoms with Gasteiger partial charge in [-0.3, -0.25) is 0 Å². The van der Waals surface area contributed by atoms with Crippen molar-refractivity contribution in [1.82, 2.24) is 0 Å². The third-order valence-electron chi connectivity index (χ3n) is 3.90. The largest absolute Gasteiger partial charge is 0.493 e. The molecule has 0 aliphatic carbocycles. The number of ether oxygens (including phenoxy) is 1. The van der Waals surface area contributed by atoms with E-state index in [-0.39, 0.29) is 0 Å². The average Bonchev–Trinajstić information content (AvgIpc) is 2.54. The van der Waals surface area contributed by atoms with E-state index in [0.29, 0.717) is 18.8 Å². The van der Waals surface area contributed by atoms with E-state index in [0.717, 1.165) is 11.1 Å². The topological polar surface area (TPSA) is 53.2 Å². The van der Waals surface area contributed by atoms with Crippen molar-refractivity contribution in [2.75, 3.05) is 6.61 Å². The van der Waals surface area contributed by atoms with Gasteiger partial charge >= 0.3 is 0 Å². The molecule has 1 heterocycles. The van der Waals surface area contributed by atoms with Crippen LogP contribution in [0.15, 0.2) is 54.6 Å². The number of rotatable bonds is 2. The fourth-order valence-electron chi connectivity index (χ4n) is 2.80. The number of nitrogens with zero attached hydrogens (tertiary/aromatic N) is 1. The van der Waals surface area contributed by atoms with E-state index in [4.69, 9.17) is 4.74 Å². The summed E-state index contributed by atoms with van der Waals surface area (Å²) in [5.41, 5.74) is 0.576. The number of hydrogen-bond acceptors (Lipinski definition) is 3. The zero-order chi connectivity index (χ0) is 14.0. The molecule has 3 rings (SSSR count). The highest BCUT2D eigenvalue weighted by molar-refractivity contribution is 5.48. The summed E-state index contributed by atoms with van der Waals surface area (Å²) in [6.45, 7) is 0.439. The van der Waals surface area contributed by atoms with Crippen LogP contribution in [0.4, 0.5) is 0 Å². The molecule has 2 unspecified atom stereocenters. The van der Waals surface area contributed by atoms with Gasteiger partial charge in [0.25, 0.3) is 0 Å². The number of benzene rings is 2. The summed E-state index contributed by atoms with van der Waals surface area (Å²) in [7, 11) is 0. The second-order valence-electron chi connectivity index (χ2n) is 4.99. The molecule has 100 valence electrons. The third kappa shape index (κ3) is 1.86. The molecule has 0 saturated heterocycles. The lowest BCUT2D eigenvalue weighted by molar-refractivity contribution is 0.0807. The second kappa shape index (κ2) is 4.99. The molecule has 2 atom stereocenters. The molecule has 0 aromatic heterocycles. The molecule has 20 heavy (non-hydrogen) atoms. The van der Waals surface area contributed by atoms with Crippen LogP contribution in [0.3, 0.4) is 0 Å². The van der Waals surface area contributed by atoms with Gasteiger partial charge in [0.1, 0.15) is 17.3 Å². The summed E-state index contributed by atoms with van der Waals surface area (Å²) in [4.78, 5) is 0. The molecule has 3 heteroatoms. The van der Waals surface area contributed by atoms with Crippen molar-refractivity contribution in [2.45, 2.75) is 17.9 Å². The number of aliphatic hydroxyl groups excluding tert-OH is 1. The summed E-state index contributed by atoms with van der Waals surface area (Å²) in [6, 6.07) is 19.1. The molecule has 0 saturated carbocycles. The van der Waals surface area contributed by atoms with Crippen LogP contribution in [-0.4, -0.2) is 11.7 Å². The maximum Gasteiger partial charge on any atom is 0.124 e. The van der Waals surface area contributed by atoms with Gasteiger partial charge in [-0.25, -0.2) is 0 Å². The molecule has 0 amide bonds. The Morgan fingerprint density at radius 2 is 1.80 bits per heavy atom. The summed E-state index contributed by atoms with van der Waals surface area (Å²) < 4.78 is 5.60. The Balaban J connectivity index is 2.12. The minimum atomic E-state index is -0.948. The third-order valence-corrected chi connectivity index (χ3v) is 3.90. The van der Waals surface area contributed by atoms with Gasteiger partial charge in [0.05, 0.1) is 12.7 Å². The molecule has 0 spiro atoms. The van der Waals surface area contributed by atoms with E-state index >= 15 is 0 Å². The van der Waals surface area contributed by atoms with E-state index in [2.05, 4.69) is 6.07 Å². The molecule has 0 bridgehead atoms. The molecule has 3 nitrogen and oxygen atoms in total. The Kier molecular flexibility index (Phi) is 3.17. The molecule has 1 aliphatic heterocycles. The molecule has 1 aliphatic rings. The van der Waals surface area contributed by atoms with Crippen LogP contribution < -0.4 is 4.74 Å². The molecular formula is C17H15NO2. The summed E-state index contributed by atoms with van der Waals surface area (Å²) in [5, 5.41) is 20.5. The first-order chi connectivity index (χ1) is 9.78. The quantitative estimate of drug-likeness (QED) is 0.908. The van der Waals surface area contributed by atoms with Crippen LogP contribution in [-0.2, 0) is 5.41 Å². The van der Waals surface area contributed by atoms with E-state index in [1.807, 2.05) is 54.6 Å². The summed E-state index contributed by atoms with van der Waals surface area (Å²) >= 11 is 0. The van der Waals surface area contributed by atoms with Gasteiger partial charge < -0.3 is 9.84 Å². The number of nitriles is 1. The lowest BCUT2D eigenvalue weighted by atomic mass is 9.71. The Morgan fingerprint density at radius 1 is 1.10 bits per heavy atom. The Bertz CT molecular complexity index is 648. The van der Waals surface area contributed by atoms with Crippen molar-refractivity contribution in [2.24, 2.45) is 0 Å². The van der Waals surface area contributed by atoms with Crippen LogP contribution in [0.25, 0.3) is 0 Å². The van der Waals surface area contributed by atoms with E-state index in [1.165, 1.54) is 0 Å². The monoisotopic (exact) mass is 265 g/mol. The molecular weight excluding hydrogens is 250 g/mol. The predicted molar refractivity (Wildman–Crippen MR) is 75.2 cm³/mol. The molecule has 1 N–H and O–H groups in total. The summed E-state index contributed by atoms with van der Waals surface area (Å²) in [5.74, 6) is 0.690. The minimum absolute atomic E-state index is 0.439. The van der Waals surface area contributed by atoms with Crippen LogP contribution >= 0.6 is 0 Å². The van der Waals surface area contributed by atoms with E-state index in [1.54, 1.807) is 0 Å². The number of para-hydroxylation sites is 1. The van der Waals surface area contributed by atoms with Crippen molar-refractivity contribution in [3.63, 3.8) is 0 Å². The first-order valence-corrected chi connectivity index (χ1v) is 6.64. The van der Waals surface area contributed by atoms with E-state index < -0.39 is 11.5 Å². The number of aliphatic hydroxyl groups is 1. The highest BCUT2D eigenvalue weighted by atomic mass is 16.5. The zero-order valence-electron chi connectivity index (χ0n) is 11.0. The van der Waals surface area contributed by atoms with Crippen LogP contribution in [0.1, 0.15) is 23.7 Å². The number of hydrogen-bond donors (Lipinski definition) is 1. The van der Waals surface area contributed by atoms with Gasteiger partial charge in [-0.1, -0.05) is 48.5 Å². The van der Waals surface area contributed by atoms with E-state index in [9.17, 15) is 10.4 Å². The van der Waals surface area contributed by atoms with Crippen molar-refractivity contribution in [1.29, 1.82) is 5.26 Å². The van der Waals surface area contributed by atoms with Crippen molar-refractivity contribution in [3.8, 4) is 11.8 Å². The fraction of sp³-hybridized carbons (Fsp3) is 0.235. The lowest BCUT2D eigenvalue weighted by Gasteiger charge is -2.36. The Morgan fingerprint density at radius 3 is 2.55 bits per heavy atom. The van der Waals surface area contributed by atoms with Crippen LogP contribution in [0, 0.1) is 11.3 Å². The molecule has 2 aromatic rings. The summed E-state index contributed by atoms with van der Waals surface area (Å²) in [6.07, 6.45) is -0.380. The lowest BCUT2D eigenvalue weighted by Crippen LogP contribution is -2.37. The van der Waals surface area contributed by atoms with Gasteiger partial charge in [-0.2, -0.15) is 5.26 Å². The zero-order valence-corrected chi connectivity index (χ0v) is 11.0. The highest BCUT2D eigenvalue weighted by Crippen LogP contribution is 2.46. The Labute approximate surface area is 118 Å². The second-order valence-corrected chi connectivity index (χ2v) is 4.99. The van der Waals surface area contributed by atoms with Crippen LogP contribution in [0.5, 0.6) is 5.75 Å². The van der Waals surface area contributed by atoms with Gasteiger partial charge in [-0.15, -0.1) is 0 Å². The molecule has 2 aromatic carbocycles. The van der Waals surface area contributed by atoms with Gasteiger partial charge in [0.15, 0.2) is 0 Å². The smallest absolute Gasteiger partial charge is 0.124 e. The van der Waals surface area contributed by atoms with Gasteiger partial charge in [0, 0.05) is 12.0 Å². The maximum absolute atomic E-state index is 10.8.